The van der Waals surface area contributed by atoms with E-state index in [0.29, 0.717) is 0 Å². The Bertz CT molecular complexity index is 278. The van der Waals surface area contributed by atoms with E-state index < -0.39 is 0 Å². The third-order valence-electron chi connectivity index (χ3n) is 3.05. The third kappa shape index (κ3) is 1.68. The van der Waals surface area contributed by atoms with Gasteiger partial charge in [0.15, 0.2) is 0 Å². The molecule has 76 valence electrons. The van der Waals surface area contributed by atoms with Crippen molar-refractivity contribution in [3.8, 4) is 0 Å². The third-order valence-corrected chi connectivity index (χ3v) is 3.05. The van der Waals surface area contributed by atoms with E-state index in [4.69, 9.17) is 4.74 Å². The maximum atomic E-state index is 5.34. The van der Waals surface area contributed by atoms with Crippen LogP contribution >= 0.6 is 0 Å². The van der Waals surface area contributed by atoms with Crippen molar-refractivity contribution in [2.24, 2.45) is 0 Å². The van der Waals surface area contributed by atoms with Gasteiger partial charge >= 0.3 is 0 Å². The van der Waals surface area contributed by atoms with Gasteiger partial charge in [-0.05, 0) is 18.5 Å². The van der Waals surface area contributed by atoms with Gasteiger partial charge < -0.3 is 10.1 Å². The van der Waals surface area contributed by atoms with Crippen LogP contribution in [0.15, 0.2) is 30.3 Å². The summed E-state index contributed by atoms with van der Waals surface area (Å²) in [5, 5.41) is 3.42. The minimum absolute atomic E-state index is 0.204. The van der Waals surface area contributed by atoms with Crippen LogP contribution in [0, 0.1) is 0 Å². The van der Waals surface area contributed by atoms with E-state index >= 15 is 0 Å². The van der Waals surface area contributed by atoms with Crippen molar-refractivity contribution in [2.75, 3.05) is 26.8 Å². The molecule has 1 aromatic rings. The number of ether oxygens (including phenoxy) is 1. The lowest BCUT2D eigenvalue weighted by Gasteiger charge is -2.27. The molecule has 1 saturated heterocycles. The highest BCUT2D eigenvalue weighted by molar-refractivity contribution is 5.27. The first kappa shape index (κ1) is 9.69. The van der Waals surface area contributed by atoms with Gasteiger partial charge in [0.1, 0.15) is 0 Å². The molecule has 1 atom stereocenters. The van der Waals surface area contributed by atoms with Crippen LogP contribution in [0.3, 0.4) is 0 Å². The summed E-state index contributed by atoms with van der Waals surface area (Å²) < 4.78 is 5.34. The molecule has 1 unspecified atom stereocenters. The summed E-state index contributed by atoms with van der Waals surface area (Å²) in [5.41, 5.74) is 1.60. The maximum Gasteiger partial charge on any atom is 0.0571 e. The molecule has 1 aliphatic rings. The number of rotatable bonds is 3. The molecular formula is C12H17NO. The lowest BCUT2D eigenvalue weighted by molar-refractivity contribution is 0.138. The lowest BCUT2D eigenvalue weighted by Crippen LogP contribution is -2.33. The predicted molar refractivity (Wildman–Crippen MR) is 57.5 cm³/mol. The van der Waals surface area contributed by atoms with Crippen LogP contribution in [0.25, 0.3) is 0 Å². The van der Waals surface area contributed by atoms with Gasteiger partial charge in [0.2, 0.25) is 0 Å². The molecule has 0 saturated carbocycles. The van der Waals surface area contributed by atoms with Gasteiger partial charge in [-0.3, -0.25) is 0 Å². The molecule has 0 radical (unpaired) electrons. The molecule has 1 heterocycles. The van der Waals surface area contributed by atoms with Crippen molar-refractivity contribution < 1.29 is 4.74 Å². The molecule has 2 nitrogen and oxygen atoms in total. The summed E-state index contributed by atoms with van der Waals surface area (Å²) >= 11 is 0. The van der Waals surface area contributed by atoms with Gasteiger partial charge in [0.05, 0.1) is 6.61 Å². The first-order valence-electron chi connectivity index (χ1n) is 5.13. The second-order valence-corrected chi connectivity index (χ2v) is 4.01. The van der Waals surface area contributed by atoms with Crippen molar-refractivity contribution in [1.29, 1.82) is 0 Å². The zero-order chi connectivity index (χ0) is 9.86. The van der Waals surface area contributed by atoms with Crippen molar-refractivity contribution in [3.63, 3.8) is 0 Å². The van der Waals surface area contributed by atoms with Gasteiger partial charge in [-0.15, -0.1) is 0 Å². The predicted octanol–water partition coefficient (Wildman–Crippen LogP) is 1.56. The highest BCUT2D eigenvalue weighted by Gasteiger charge is 2.35. The summed E-state index contributed by atoms with van der Waals surface area (Å²) in [5.74, 6) is 0. The Morgan fingerprint density at radius 2 is 2.14 bits per heavy atom. The molecule has 0 amide bonds. The van der Waals surface area contributed by atoms with E-state index in [-0.39, 0.29) is 5.41 Å². The zero-order valence-electron chi connectivity index (χ0n) is 8.62. The van der Waals surface area contributed by atoms with Crippen LogP contribution in [-0.4, -0.2) is 26.8 Å². The smallest absolute Gasteiger partial charge is 0.0571 e. The molecule has 0 aliphatic carbocycles. The molecule has 1 aromatic carbocycles. The SMILES string of the molecule is COCC1(c2ccccc2)CCNC1. The Labute approximate surface area is 85.3 Å². The first-order chi connectivity index (χ1) is 6.87. The van der Waals surface area contributed by atoms with Crippen LogP contribution in [0.2, 0.25) is 0 Å². The molecular weight excluding hydrogens is 174 g/mol. The van der Waals surface area contributed by atoms with Crippen molar-refractivity contribution in [3.05, 3.63) is 35.9 Å². The zero-order valence-corrected chi connectivity index (χ0v) is 8.62. The fourth-order valence-corrected chi connectivity index (χ4v) is 2.26. The number of methoxy groups -OCH3 is 1. The summed E-state index contributed by atoms with van der Waals surface area (Å²) in [6.07, 6.45) is 1.17. The summed E-state index contributed by atoms with van der Waals surface area (Å²) in [6, 6.07) is 10.7. The van der Waals surface area contributed by atoms with Crippen LogP contribution in [0.4, 0.5) is 0 Å². The molecule has 1 aliphatic heterocycles. The fraction of sp³-hybridized carbons (Fsp3) is 0.500. The Kier molecular flexibility index (Phi) is 2.85. The number of hydrogen-bond acceptors (Lipinski definition) is 2. The maximum absolute atomic E-state index is 5.34. The lowest BCUT2D eigenvalue weighted by atomic mass is 9.80. The van der Waals surface area contributed by atoms with Crippen molar-refractivity contribution in [2.45, 2.75) is 11.8 Å². The fourth-order valence-electron chi connectivity index (χ4n) is 2.26. The van der Waals surface area contributed by atoms with Crippen molar-refractivity contribution in [1.82, 2.24) is 5.32 Å². The van der Waals surface area contributed by atoms with Crippen LogP contribution < -0.4 is 5.32 Å². The molecule has 2 rings (SSSR count). The van der Waals surface area contributed by atoms with E-state index in [9.17, 15) is 0 Å². The minimum Gasteiger partial charge on any atom is -0.384 e. The molecule has 1 N–H and O–H groups in total. The van der Waals surface area contributed by atoms with E-state index in [2.05, 4.69) is 35.6 Å². The standard InChI is InChI=1S/C12H17NO/c1-14-10-12(7-8-13-9-12)11-5-3-2-4-6-11/h2-6,13H,7-10H2,1H3. The number of benzene rings is 1. The van der Waals surface area contributed by atoms with E-state index in [0.717, 1.165) is 19.7 Å². The summed E-state index contributed by atoms with van der Waals surface area (Å²) in [4.78, 5) is 0. The highest BCUT2D eigenvalue weighted by Crippen LogP contribution is 2.30. The second kappa shape index (κ2) is 4.11. The number of nitrogens with one attached hydrogen (secondary N) is 1. The minimum atomic E-state index is 0.204. The molecule has 0 bridgehead atoms. The average molecular weight is 191 g/mol. The Morgan fingerprint density at radius 3 is 2.71 bits per heavy atom. The van der Waals surface area contributed by atoms with Gasteiger partial charge in [0, 0.05) is 19.1 Å². The van der Waals surface area contributed by atoms with Gasteiger partial charge in [-0.2, -0.15) is 0 Å². The Balaban J connectivity index is 2.27. The Hall–Kier alpha value is -0.860. The van der Waals surface area contributed by atoms with E-state index in [1.165, 1.54) is 12.0 Å². The molecule has 0 aromatic heterocycles. The quantitative estimate of drug-likeness (QED) is 0.783. The first-order valence-corrected chi connectivity index (χ1v) is 5.13. The molecule has 0 spiro atoms. The van der Waals surface area contributed by atoms with Crippen LogP contribution in [0.5, 0.6) is 0 Å². The summed E-state index contributed by atoms with van der Waals surface area (Å²) in [7, 11) is 1.78. The van der Waals surface area contributed by atoms with Crippen LogP contribution in [-0.2, 0) is 10.2 Å². The number of hydrogen-bond donors (Lipinski definition) is 1. The van der Waals surface area contributed by atoms with Crippen LogP contribution in [0.1, 0.15) is 12.0 Å². The van der Waals surface area contributed by atoms with E-state index in [1.807, 2.05) is 0 Å². The van der Waals surface area contributed by atoms with E-state index in [1.54, 1.807) is 7.11 Å². The summed E-state index contributed by atoms with van der Waals surface area (Å²) in [6.45, 7) is 2.94. The van der Waals surface area contributed by atoms with Crippen molar-refractivity contribution >= 4 is 0 Å². The second-order valence-electron chi connectivity index (χ2n) is 4.01. The average Bonchev–Trinajstić information content (AvgIpc) is 2.70. The highest BCUT2D eigenvalue weighted by atomic mass is 16.5. The molecule has 2 heteroatoms. The largest absolute Gasteiger partial charge is 0.384 e. The molecule has 14 heavy (non-hydrogen) atoms. The normalized spacial score (nSPS) is 26.6. The topological polar surface area (TPSA) is 21.3 Å². The monoisotopic (exact) mass is 191 g/mol. The Morgan fingerprint density at radius 1 is 1.36 bits per heavy atom. The van der Waals surface area contributed by atoms with Gasteiger partial charge in [0.25, 0.3) is 0 Å². The van der Waals surface area contributed by atoms with Gasteiger partial charge in [-0.1, -0.05) is 30.3 Å². The van der Waals surface area contributed by atoms with Gasteiger partial charge in [-0.25, -0.2) is 0 Å². The molecule has 1 fully saturated rings.